The fraction of sp³-hybridized carbons (Fsp3) is 0.500. The van der Waals surface area contributed by atoms with E-state index in [1.807, 2.05) is 30.0 Å². The highest BCUT2D eigenvalue weighted by Crippen LogP contribution is 2.37. The minimum absolute atomic E-state index is 0.519. The van der Waals surface area contributed by atoms with Crippen LogP contribution < -0.4 is 5.09 Å². The maximum Gasteiger partial charge on any atom is 0.130 e. The molecule has 0 radical (unpaired) electrons. The van der Waals surface area contributed by atoms with Crippen molar-refractivity contribution in [1.82, 2.24) is 0 Å². The van der Waals surface area contributed by atoms with Crippen molar-refractivity contribution in [1.29, 1.82) is 0 Å². The third-order valence-corrected chi connectivity index (χ3v) is 4.87. The predicted molar refractivity (Wildman–Crippen MR) is 76.5 cm³/mol. The quantitative estimate of drug-likeness (QED) is 0.557. The van der Waals surface area contributed by atoms with Gasteiger partial charge in [-0.25, -0.2) is 0 Å². The topological polar surface area (TPSA) is 21.3 Å². The first kappa shape index (κ1) is 13.8. The van der Waals surface area contributed by atoms with Gasteiger partial charge < -0.3 is 9.61 Å². The third-order valence-electron chi connectivity index (χ3n) is 1.96. The minimum Gasteiger partial charge on any atom is -0.343 e. The monoisotopic (exact) mass is 257 g/mol. The molecule has 1 atom stereocenters. The Balaban J connectivity index is 2.38. The van der Waals surface area contributed by atoms with Crippen LogP contribution in [0.3, 0.4) is 0 Å². The van der Waals surface area contributed by atoms with Gasteiger partial charge in [0.25, 0.3) is 0 Å². The molecule has 0 saturated heterocycles. The number of rotatable bonds is 8. The van der Waals surface area contributed by atoms with Crippen molar-refractivity contribution in [3.05, 3.63) is 30.3 Å². The first-order chi connectivity index (χ1) is 7.86. The summed E-state index contributed by atoms with van der Waals surface area (Å²) in [6, 6.07) is 10.3. The minimum atomic E-state index is -0.519. The van der Waals surface area contributed by atoms with Crippen molar-refractivity contribution < 1.29 is 4.52 Å². The lowest BCUT2D eigenvalue weighted by molar-refractivity contribution is 0.381. The highest BCUT2D eigenvalue weighted by Gasteiger charge is 2.07. The van der Waals surface area contributed by atoms with Crippen molar-refractivity contribution in [3.8, 4) is 0 Å². The largest absolute Gasteiger partial charge is 0.343 e. The number of thioether (sulfide) groups is 1. The first-order valence-electron chi connectivity index (χ1n) is 5.66. The maximum atomic E-state index is 5.73. The molecule has 0 spiro atoms. The van der Waals surface area contributed by atoms with E-state index in [2.05, 4.69) is 31.1 Å². The maximum absolute atomic E-state index is 5.73. The van der Waals surface area contributed by atoms with Crippen LogP contribution in [0.15, 0.2) is 30.3 Å². The number of benzene rings is 1. The molecule has 0 aliphatic carbocycles. The first-order valence-corrected chi connectivity index (χ1v) is 8.26. The fourth-order valence-electron chi connectivity index (χ4n) is 1.26. The summed E-state index contributed by atoms with van der Waals surface area (Å²) in [4.78, 5) is 0. The molecule has 0 bridgehead atoms. The van der Waals surface area contributed by atoms with E-state index in [-0.39, 0.29) is 0 Å². The van der Waals surface area contributed by atoms with Gasteiger partial charge in [-0.2, -0.15) is 11.8 Å². The Bertz CT molecular complexity index is 271. The van der Waals surface area contributed by atoms with Crippen LogP contribution >= 0.6 is 20.1 Å². The molecule has 90 valence electrons. The molecule has 16 heavy (non-hydrogen) atoms. The normalized spacial score (nSPS) is 12.4. The summed E-state index contributed by atoms with van der Waals surface area (Å²) in [5.41, 5.74) is 1.16. The molecule has 0 aliphatic rings. The van der Waals surface area contributed by atoms with E-state index in [9.17, 15) is 0 Å². The summed E-state index contributed by atoms with van der Waals surface area (Å²) in [5.74, 6) is 2.35. The van der Waals surface area contributed by atoms with E-state index in [1.54, 1.807) is 0 Å². The second kappa shape index (κ2) is 8.86. The summed E-state index contributed by atoms with van der Waals surface area (Å²) >= 11 is 1.97. The molecule has 0 aliphatic heterocycles. The van der Waals surface area contributed by atoms with Gasteiger partial charge in [-0.3, -0.25) is 0 Å². The smallest absolute Gasteiger partial charge is 0.130 e. The zero-order chi connectivity index (χ0) is 11.6. The Labute approximate surface area is 104 Å². The standard InChI is InChI=1S/C12H20NOPS/c1-3-14-15(10-11-16-4-2)13-12-8-6-5-7-9-12/h5-9,13H,3-4,10-11H2,1-2H3. The van der Waals surface area contributed by atoms with Crippen molar-refractivity contribution in [2.75, 3.05) is 29.4 Å². The fourth-order valence-corrected chi connectivity index (χ4v) is 3.78. The van der Waals surface area contributed by atoms with E-state index in [0.717, 1.165) is 18.5 Å². The summed E-state index contributed by atoms with van der Waals surface area (Å²) in [6.07, 6.45) is 1.11. The van der Waals surface area contributed by atoms with Crippen LogP contribution in [-0.4, -0.2) is 24.3 Å². The van der Waals surface area contributed by atoms with Gasteiger partial charge in [0.05, 0.1) is 6.61 Å². The van der Waals surface area contributed by atoms with Gasteiger partial charge in [-0.1, -0.05) is 25.1 Å². The van der Waals surface area contributed by atoms with Crippen LogP contribution in [0.5, 0.6) is 0 Å². The van der Waals surface area contributed by atoms with Crippen molar-refractivity contribution in [2.45, 2.75) is 13.8 Å². The molecule has 1 aromatic carbocycles. The summed E-state index contributed by atoms with van der Waals surface area (Å²) in [5, 5.41) is 3.47. The number of hydrogen-bond acceptors (Lipinski definition) is 3. The van der Waals surface area contributed by atoms with Crippen LogP contribution in [0.4, 0.5) is 5.69 Å². The van der Waals surface area contributed by atoms with Crippen LogP contribution in [-0.2, 0) is 4.52 Å². The number of nitrogens with one attached hydrogen (secondary N) is 1. The second-order valence-electron chi connectivity index (χ2n) is 3.19. The van der Waals surface area contributed by atoms with E-state index >= 15 is 0 Å². The van der Waals surface area contributed by atoms with Gasteiger partial charge in [0.2, 0.25) is 0 Å². The van der Waals surface area contributed by atoms with Crippen LogP contribution in [0, 0.1) is 0 Å². The average molecular weight is 257 g/mol. The number of anilines is 1. The molecule has 4 heteroatoms. The molecule has 2 nitrogen and oxygen atoms in total. The van der Waals surface area contributed by atoms with E-state index in [4.69, 9.17) is 4.52 Å². The Morgan fingerprint density at radius 1 is 1.25 bits per heavy atom. The zero-order valence-electron chi connectivity index (χ0n) is 9.98. The highest BCUT2D eigenvalue weighted by molar-refractivity contribution is 7.99. The van der Waals surface area contributed by atoms with Crippen molar-refractivity contribution >= 4 is 25.7 Å². The van der Waals surface area contributed by atoms with Crippen LogP contribution in [0.2, 0.25) is 0 Å². The van der Waals surface area contributed by atoms with E-state index in [1.165, 1.54) is 11.5 Å². The summed E-state index contributed by atoms with van der Waals surface area (Å²) in [6.45, 7) is 5.02. The third kappa shape index (κ3) is 5.74. The van der Waals surface area contributed by atoms with Crippen LogP contribution in [0.25, 0.3) is 0 Å². The van der Waals surface area contributed by atoms with Crippen LogP contribution in [0.1, 0.15) is 13.8 Å². The second-order valence-corrected chi connectivity index (χ2v) is 6.27. The van der Waals surface area contributed by atoms with E-state index in [0.29, 0.717) is 0 Å². The molecule has 0 heterocycles. The van der Waals surface area contributed by atoms with Crippen molar-refractivity contribution in [3.63, 3.8) is 0 Å². The number of hydrogen-bond donors (Lipinski definition) is 1. The van der Waals surface area contributed by atoms with Gasteiger partial charge in [-0.05, 0) is 24.8 Å². The van der Waals surface area contributed by atoms with Gasteiger partial charge in [0.1, 0.15) is 8.30 Å². The highest BCUT2D eigenvalue weighted by atomic mass is 32.2. The Morgan fingerprint density at radius 2 is 2.00 bits per heavy atom. The van der Waals surface area contributed by atoms with Gasteiger partial charge in [0, 0.05) is 17.6 Å². The van der Waals surface area contributed by atoms with Gasteiger partial charge >= 0.3 is 0 Å². The lowest BCUT2D eigenvalue weighted by atomic mass is 10.3. The molecule has 1 rings (SSSR count). The molecular weight excluding hydrogens is 237 g/mol. The zero-order valence-corrected chi connectivity index (χ0v) is 11.7. The Morgan fingerprint density at radius 3 is 2.62 bits per heavy atom. The molecule has 0 fully saturated rings. The average Bonchev–Trinajstić information content (AvgIpc) is 2.31. The molecule has 1 unspecified atom stereocenters. The lowest BCUT2D eigenvalue weighted by Crippen LogP contribution is -2.02. The molecule has 0 aromatic heterocycles. The van der Waals surface area contributed by atoms with E-state index < -0.39 is 8.30 Å². The lowest BCUT2D eigenvalue weighted by Gasteiger charge is -2.18. The molecular formula is C12H20NOPS. The van der Waals surface area contributed by atoms with Gasteiger partial charge in [-0.15, -0.1) is 0 Å². The Hall–Kier alpha value is -0.240. The van der Waals surface area contributed by atoms with Gasteiger partial charge in [0.15, 0.2) is 0 Å². The molecule has 0 amide bonds. The Kier molecular flexibility index (Phi) is 7.65. The molecule has 0 saturated carbocycles. The summed E-state index contributed by atoms with van der Waals surface area (Å²) < 4.78 is 5.73. The van der Waals surface area contributed by atoms with Crippen molar-refractivity contribution in [2.24, 2.45) is 0 Å². The number of para-hydroxylation sites is 1. The predicted octanol–water partition coefficient (Wildman–Crippen LogP) is 4.20. The molecule has 1 aromatic rings. The SMILES string of the molecule is CCOP(CCSCC)Nc1ccccc1. The summed E-state index contributed by atoms with van der Waals surface area (Å²) in [7, 11) is -0.519. The molecule has 1 N–H and O–H groups in total.